The molecule has 8 heteroatoms. The van der Waals surface area contributed by atoms with Crippen LogP contribution in [0.2, 0.25) is 5.02 Å². The number of halogens is 2. The van der Waals surface area contributed by atoms with Crippen LogP contribution in [0.4, 0.5) is 9.18 Å². The molecule has 0 bridgehead atoms. The Hall–Kier alpha value is -1.86. The van der Waals surface area contributed by atoms with Gasteiger partial charge in [0.25, 0.3) is 0 Å². The van der Waals surface area contributed by atoms with Crippen molar-refractivity contribution >= 4 is 23.6 Å². The molecular weight excluding hydrogens is 387 g/mol. The SMILES string of the molecule is O=C1NC2(CO1)CC(CC(=O)N1CCC(OCc3ccc(F)cc3Cl)CC1)C2. The molecule has 1 N–H and O–H groups in total. The molecule has 0 radical (unpaired) electrons. The molecule has 1 spiro atoms. The second kappa shape index (κ2) is 7.87. The number of hydrogen-bond donors (Lipinski definition) is 1. The lowest BCUT2D eigenvalue weighted by molar-refractivity contribution is -0.136. The van der Waals surface area contributed by atoms with Crippen LogP contribution in [0.15, 0.2) is 18.2 Å². The Bertz CT molecular complexity index is 761. The first kappa shape index (κ1) is 19.5. The maximum Gasteiger partial charge on any atom is 0.407 e. The Morgan fingerprint density at radius 2 is 2.11 bits per heavy atom. The smallest absolute Gasteiger partial charge is 0.407 e. The number of amides is 2. The van der Waals surface area contributed by atoms with Crippen molar-refractivity contribution in [3.8, 4) is 0 Å². The first-order chi connectivity index (χ1) is 13.4. The summed E-state index contributed by atoms with van der Waals surface area (Å²) in [7, 11) is 0. The quantitative estimate of drug-likeness (QED) is 0.809. The van der Waals surface area contributed by atoms with Gasteiger partial charge in [0.05, 0.1) is 18.2 Å². The molecule has 1 aromatic carbocycles. The maximum absolute atomic E-state index is 13.1. The molecular formula is C20H24ClFN2O4. The fraction of sp³-hybridized carbons (Fsp3) is 0.600. The van der Waals surface area contributed by atoms with E-state index in [9.17, 15) is 14.0 Å². The molecule has 0 unspecified atom stereocenters. The molecule has 28 heavy (non-hydrogen) atoms. The molecule has 0 aromatic heterocycles. The van der Waals surface area contributed by atoms with Crippen LogP contribution in [0, 0.1) is 11.7 Å². The molecule has 1 aromatic rings. The van der Waals surface area contributed by atoms with E-state index in [4.69, 9.17) is 21.1 Å². The van der Waals surface area contributed by atoms with Crippen molar-refractivity contribution in [2.75, 3.05) is 19.7 Å². The Balaban J connectivity index is 1.17. The number of ether oxygens (including phenoxy) is 2. The fourth-order valence-electron chi connectivity index (χ4n) is 4.40. The highest BCUT2D eigenvalue weighted by atomic mass is 35.5. The first-order valence-electron chi connectivity index (χ1n) is 9.71. The Labute approximate surface area is 168 Å². The van der Waals surface area contributed by atoms with Crippen LogP contribution < -0.4 is 5.32 Å². The summed E-state index contributed by atoms with van der Waals surface area (Å²) in [4.78, 5) is 25.6. The molecule has 6 nitrogen and oxygen atoms in total. The van der Waals surface area contributed by atoms with Crippen LogP contribution in [-0.4, -0.2) is 48.2 Å². The fourth-order valence-corrected chi connectivity index (χ4v) is 4.62. The highest BCUT2D eigenvalue weighted by Crippen LogP contribution is 2.42. The molecule has 3 aliphatic rings. The number of alkyl carbamates (subject to hydrolysis) is 1. The zero-order valence-corrected chi connectivity index (χ0v) is 16.3. The molecule has 3 fully saturated rings. The number of hydrogen-bond acceptors (Lipinski definition) is 4. The summed E-state index contributed by atoms with van der Waals surface area (Å²) in [5, 5.41) is 3.23. The van der Waals surface area contributed by atoms with Gasteiger partial charge in [0.1, 0.15) is 12.4 Å². The number of rotatable bonds is 5. The lowest BCUT2D eigenvalue weighted by Crippen LogP contribution is -2.55. The molecule has 152 valence electrons. The monoisotopic (exact) mass is 410 g/mol. The van der Waals surface area contributed by atoms with Gasteiger partial charge in [-0.15, -0.1) is 0 Å². The third kappa shape index (κ3) is 4.25. The summed E-state index contributed by atoms with van der Waals surface area (Å²) in [6.45, 7) is 2.11. The van der Waals surface area contributed by atoms with Crippen molar-refractivity contribution in [2.45, 2.75) is 50.4 Å². The number of benzene rings is 1. The lowest BCUT2D eigenvalue weighted by Gasteiger charge is -2.43. The van der Waals surface area contributed by atoms with Gasteiger partial charge in [-0.3, -0.25) is 4.79 Å². The van der Waals surface area contributed by atoms with E-state index in [1.807, 2.05) is 4.90 Å². The highest BCUT2D eigenvalue weighted by Gasteiger charge is 2.50. The number of carbonyl (C=O) groups is 2. The van der Waals surface area contributed by atoms with E-state index < -0.39 is 0 Å². The van der Waals surface area contributed by atoms with Crippen molar-refractivity contribution in [2.24, 2.45) is 5.92 Å². The summed E-state index contributed by atoms with van der Waals surface area (Å²) >= 11 is 6.03. The largest absolute Gasteiger partial charge is 0.447 e. The average Bonchev–Trinajstić information content (AvgIpc) is 3.03. The van der Waals surface area contributed by atoms with Crippen LogP contribution in [-0.2, 0) is 20.9 Å². The molecule has 1 saturated carbocycles. The Morgan fingerprint density at radius 3 is 2.75 bits per heavy atom. The lowest BCUT2D eigenvalue weighted by atomic mass is 9.67. The number of carbonyl (C=O) groups excluding carboxylic acids is 2. The molecule has 0 atom stereocenters. The Morgan fingerprint density at radius 1 is 1.36 bits per heavy atom. The van der Waals surface area contributed by atoms with Gasteiger partial charge in [-0.1, -0.05) is 17.7 Å². The molecule has 4 rings (SSSR count). The standard InChI is InChI=1S/C20H24ClFN2O4/c21-17-8-15(22)2-1-14(17)11-27-16-3-5-24(6-4-16)18(25)7-13-9-20(10-13)12-28-19(26)23-20/h1-2,8,13,16H,3-7,9-12H2,(H,23,26). The highest BCUT2D eigenvalue weighted by molar-refractivity contribution is 6.31. The van der Waals surface area contributed by atoms with E-state index in [1.54, 1.807) is 6.07 Å². The van der Waals surface area contributed by atoms with E-state index in [-0.39, 0.29) is 29.5 Å². The zero-order chi connectivity index (χ0) is 19.7. The van der Waals surface area contributed by atoms with E-state index in [2.05, 4.69) is 5.32 Å². The van der Waals surface area contributed by atoms with Crippen molar-refractivity contribution in [1.29, 1.82) is 0 Å². The minimum atomic E-state index is -0.360. The first-order valence-corrected chi connectivity index (χ1v) is 10.1. The van der Waals surface area contributed by atoms with Crippen molar-refractivity contribution in [3.63, 3.8) is 0 Å². The molecule has 2 heterocycles. The molecule has 2 amide bonds. The summed E-state index contributed by atoms with van der Waals surface area (Å²) < 4.78 is 24.0. The molecule has 2 saturated heterocycles. The summed E-state index contributed by atoms with van der Waals surface area (Å²) in [6, 6.07) is 4.30. The number of likely N-dealkylation sites (tertiary alicyclic amines) is 1. The number of nitrogens with zero attached hydrogens (tertiary/aromatic N) is 1. The van der Waals surface area contributed by atoms with Gasteiger partial charge in [-0.2, -0.15) is 0 Å². The minimum absolute atomic E-state index is 0.0722. The van der Waals surface area contributed by atoms with E-state index in [0.29, 0.717) is 43.7 Å². The van der Waals surface area contributed by atoms with Gasteiger partial charge < -0.3 is 19.7 Å². The van der Waals surface area contributed by atoms with Crippen molar-refractivity contribution in [3.05, 3.63) is 34.6 Å². The second-order valence-electron chi connectivity index (χ2n) is 8.09. The second-order valence-corrected chi connectivity index (χ2v) is 8.49. The van der Waals surface area contributed by atoms with Gasteiger partial charge in [0, 0.05) is 24.5 Å². The predicted molar refractivity (Wildman–Crippen MR) is 100 cm³/mol. The molecule has 2 aliphatic heterocycles. The van der Waals surface area contributed by atoms with Gasteiger partial charge >= 0.3 is 6.09 Å². The third-order valence-electron chi connectivity index (χ3n) is 5.95. The number of nitrogens with one attached hydrogen (secondary N) is 1. The maximum atomic E-state index is 13.1. The van der Waals surface area contributed by atoms with E-state index in [1.165, 1.54) is 12.1 Å². The number of cyclic esters (lactones) is 1. The van der Waals surface area contributed by atoms with Crippen LogP contribution in [0.25, 0.3) is 0 Å². The topological polar surface area (TPSA) is 67.9 Å². The Kier molecular flexibility index (Phi) is 5.47. The van der Waals surface area contributed by atoms with Gasteiger partial charge in [0.15, 0.2) is 0 Å². The summed E-state index contributed by atoms with van der Waals surface area (Å²) in [5.41, 5.74) is 0.535. The van der Waals surface area contributed by atoms with Gasteiger partial charge in [0.2, 0.25) is 5.91 Å². The van der Waals surface area contributed by atoms with Gasteiger partial charge in [-0.05, 0) is 49.3 Å². The summed E-state index contributed by atoms with van der Waals surface area (Å²) in [5.74, 6) is 0.120. The van der Waals surface area contributed by atoms with Crippen LogP contribution in [0.5, 0.6) is 0 Å². The van der Waals surface area contributed by atoms with Crippen LogP contribution in [0.3, 0.4) is 0 Å². The van der Waals surface area contributed by atoms with Crippen LogP contribution >= 0.6 is 11.6 Å². The van der Waals surface area contributed by atoms with Crippen molar-refractivity contribution in [1.82, 2.24) is 10.2 Å². The summed E-state index contributed by atoms with van der Waals surface area (Å²) in [6.07, 6.45) is 3.42. The van der Waals surface area contributed by atoms with Gasteiger partial charge in [-0.25, -0.2) is 9.18 Å². The normalized spacial score (nSPS) is 27.4. The zero-order valence-electron chi connectivity index (χ0n) is 15.6. The third-order valence-corrected chi connectivity index (χ3v) is 6.31. The number of piperidine rings is 1. The van der Waals surface area contributed by atoms with Crippen molar-refractivity contribution < 1.29 is 23.5 Å². The van der Waals surface area contributed by atoms with E-state index >= 15 is 0 Å². The molecule has 1 aliphatic carbocycles. The predicted octanol–water partition coefficient (Wildman–Crippen LogP) is 3.27. The van der Waals surface area contributed by atoms with E-state index in [0.717, 1.165) is 31.2 Å². The minimum Gasteiger partial charge on any atom is -0.447 e. The average molecular weight is 411 g/mol. The van der Waals surface area contributed by atoms with Crippen LogP contribution in [0.1, 0.15) is 37.7 Å².